The second-order valence-electron chi connectivity index (χ2n) is 3.44. The number of carbonyl (C=O) groups is 2. The molecule has 0 unspecified atom stereocenters. The Morgan fingerprint density at radius 2 is 2.00 bits per heavy atom. The SMILES string of the molecule is COC(=O)C[C@H](NC(=O)CCl)c1ccccc1. The number of nitrogens with one attached hydrogen (secondary N) is 1. The van der Waals surface area contributed by atoms with Crippen LogP contribution in [0.25, 0.3) is 0 Å². The molecule has 0 aliphatic rings. The van der Waals surface area contributed by atoms with Crippen LogP contribution < -0.4 is 5.32 Å². The third-order valence-electron chi connectivity index (χ3n) is 2.26. The molecule has 1 aromatic rings. The second kappa shape index (κ2) is 6.91. The Morgan fingerprint density at radius 3 is 2.53 bits per heavy atom. The first-order valence-electron chi connectivity index (χ1n) is 5.14. The number of benzene rings is 1. The average Bonchev–Trinajstić information content (AvgIpc) is 2.38. The monoisotopic (exact) mass is 255 g/mol. The summed E-state index contributed by atoms with van der Waals surface area (Å²) in [6, 6.07) is 8.81. The van der Waals surface area contributed by atoms with Crippen LogP contribution in [-0.2, 0) is 14.3 Å². The normalized spacial score (nSPS) is 11.6. The van der Waals surface area contributed by atoms with Gasteiger partial charge >= 0.3 is 5.97 Å². The van der Waals surface area contributed by atoms with Gasteiger partial charge in [0, 0.05) is 0 Å². The maximum atomic E-state index is 11.3. The summed E-state index contributed by atoms with van der Waals surface area (Å²) in [6.45, 7) is 0. The largest absolute Gasteiger partial charge is 0.469 e. The predicted molar refractivity (Wildman–Crippen MR) is 64.7 cm³/mol. The molecule has 0 aromatic heterocycles. The van der Waals surface area contributed by atoms with Gasteiger partial charge in [-0.05, 0) is 5.56 Å². The molecule has 0 aliphatic heterocycles. The zero-order chi connectivity index (χ0) is 12.7. The lowest BCUT2D eigenvalue weighted by Crippen LogP contribution is -2.31. The summed E-state index contributed by atoms with van der Waals surface area (Å²) in [6.07, 6.45) is 0.0865. The highest BCUT2D eigenvalue weighted by molar-refractivity contribution is 6.27. The van der Waals surface area contributed by atoms with Crippen molar-refractivity contribution in [1.82, 2.24) is 5.32 Å². The lowest BCUT2D eigenvalue weighted by Gasteiger charge is -2.17. The van der Waals surface area contributed by atoms with Crippen LogP contribution in [0.3, 0.4) is 0 Å². The minimum atomic E-state index is -0.408. The van der Waals surface area contributed by atoms with Crippen molar-refractivity contribution >= 4 is 23.5 Å². The number of rotatable bonds is 5. The molecule has 1 atom stereocenters. The first-order chi connectivity index (χ1) is 8.17. The van der Waals surface area contributed by atoms with E-state index < -0.39 is 6.04 Å². The third-order valence-corrected chi connectivity index (χ3v) is 2.50. The topological polar surface area (TPSA) is 55.4 Å². The van der Waals surface area contributed by atoms with E-state index >= 15 is 0 Å². The molecular weight excluding hydrogens is 242 g/mol. The summed E-state index contributed by atoms with van der Waals surface area (Å²) in [5.41, 5.74) is 0.844. The van der Waals surface area contributed by atoms with Gasteiger partial charge in [0.2, 0.25) is 5.91 Å². The van der Waals surface area contributed by atoms with Gasteiger partial charge in [-0.3, -0.25) is 9.59 Å². The van der Waals surface area contributed by atoms with Crippen molar-refractivity contribution in [1.29, 1.82) is 0 Å². The number of halogens is 1. The molecule has 17 heavy (non-hydrogen) atoms. The number of amides is 1. The highest BCUT2D eigenvalue weighted by Crippen LogP contribution is 2.16. The van der Waals surface area contributed by atoms with Crippen LogP contribution in [0, 0.1) is 0 Å². The molecule has 1 rings (SSSR count). The Labute approximate surface area is 105 Å². The fourth-order valence-electron chi connectivity index (χ4n) is 1.42. The van der Waals surface area contributed by atoms with E-state index in [-0.39, 0.29) is 24.2 Å². The van der Waals surface area contributed by atoms with Crippen molar-refractivity contribution in [3.8, 4) is 0 Å². The van der Waals surface area contributed by atoms with Gasteiger partial charge in [0.15, 0.2) is 0 Å². The van der Waals surface area contributed by atoms with Crippen LogP contribution in [0.5, 0.6) is 0 Å². The van der Waals surface area contributed by atoms with Gasteiger partial charge in [0.1, 0.15) is 5.88 Å². The number of ether oxygens (including phenoxy) is 1. The molecule has 0 spiro atoms. The molecule has 5 heteroatoms. The molecular formula is C12H14ClNO3. The van der Waals surface area contributed by atoms with Crippen molar-refractivity contribution in [2.45, 2.75) is 12.5 Å². The lowest BCUT2D eigenvalue weighted by atomic mass is 10.0. The molecule has 1 amide bonds. The fraction of sp³-hybridized carbons (Fsp3) is 0.333. The van der Waals surface area contributed by atoms with E-state index in [1.165, 1.54) is 7.11 Å². The molecule has 4 nitrogen and oxygen atoms in total. The predicted octanol–water partition coefficient (Wildman–Crippen LogP) is 1.65. The standard InChI is InChI=1S/C12H14ClNO3/c1-17-12(16)7-10(14-11(15)8-13)9-5-3-2-4-6-9/h2-6,10H,7-8H2,1H3,(H,14,15)/t10-/m0/s1. The Hall–Kier alpha value is -1.55. The van der Waals surface area contributed by atoms with Crippen LogP contribution in [0.2, 0.25) is 0 Å². The zero-order valence-electron chi connectivity index (χ0n) is 9.48. The van der Waals surface area contributed by atoms with Crippen molar-refractivity contribution in [3.05, 3.63) is 35.9 Å². The molecule has 0 saturated carbocycles. The number of hydrogen-bond donors (Lipinski definition) is 1. The average molecular weight is 256 g/mol. The Morgan fingerprint density at radius 1 is 1.35 bits per heavy atom. The summed E-state index contributed by atoms with van der Waals surface area (Å²) in [5.74, 6) is -0.831. The Bertz CT molecular complexity index is 363. The maximum Gasteiger partial charge on any atom is 0.307 e. The van der Waals surface area contributed by atoms with E-state index in [1.54, 1.807) is 0 Å². The minimum absolute atomic E-state index is 0.0865. The number of methoxy groups -OCH3 is 1. The second-order valence-corrected chi connectivity index (χ2v) is 3.71. The molecule has 0 fully saturated rings. The molecule has 0 heterocycles. The highest BCUT2D eigenvalue weighted by Gasteiger charge is 2.18. The van der Waals surface area contributed by atoms with E-state index in [4.69, 9.17) is 11.6 Å². The van der Waals surface area contributed by atoms with Gasteiger partial charge in [-0.15, -0.1) is 11.6 Å². The summed E-state index contributed by atoms with van der Waals surface area (Å²) in [5, 5.41) is 2.68. The van der Waals surface area contributed by atoms with E-state index in [0.29, 0.717) is 0 Å². The third kappa shape index (κ3) is 4.44. The summed E-state index contributed by atoms with van der Waals surface area (Å²) in [7, 11) is 1.31. The summed E-state index contributed by atoms with van der Waals surface area (Å²) in [4.78, 5) is 22.5. The molecule has 0 bridgehead atoms. The lowest BCUT2D eigenvalue weighted by molar-refractivity contribution is -0.141. The first kappa shape index (κ1) is 13.5. The van der Waals surface area contributed by atoms with E-state index in [2.05, 4.69) is 10.1 Å². The van der Waals surface area contributed by atoms with Gasteiger partial charge in [0.05, 0.1) is 19.6 Å². The molecule has 0 aliphatic carbocycles. The zero-order valence-corrected chi connectivity index (χ0v) is 10.2. The van der Waals surface area contributed by atoms with Crippen LogP contribution in [0.15, 0.2) is 30.3 Å². The van der Waals surface area contributed by atoms with E-state index in [9.17, 15) is 9.59 Å². The summed E-state index contributed by atoms with van der Waals surface area (Å²) >= 11 is 5.43. The van der Waals surface area contributed by atoms with Gasteiger partial charge in [-0.1, -0.05) is 30.3 Å². The van der Waals surface area contributed by atoms with E-state index in [1.807, 2.05) is 30.3 Å². The maximum absolute atomic E-state index is 11.3. The fourth-order valence-corrected chi connectivity index (χ4v) is 1.50. The van der Waals surface area contributed by atoms with Gasteiger partial charge in [-0.25, -0.2) is 0 Å². The van der Waals surface area contributed by atoms with Crippen molar-refractivity contribution in [3.63, 3.8) is 0 Å². The van der Waals surface area contributed by atoms with Crippen LogP contribution in [0.1, 0.15) is 18.0 Å². The molecule has 0 saturated heterocycles. The molecule has 1 N–H and O–H groups in total. The summed E-state index contributed by atoms with van der Waals surface area (Å²) < 4.78 is 4.59. The number of esters is 1. The minimum Gasteiger partial charge on any atom is -0.469 e. The first-order valence-corrected chi connectivity index (χ1v) is 5.68. The van der Waals surface area contributed by atoms with Gasteiger partial charge in [-0.2, -0.15) is 0 Å². The van der Waals surface area contributed by atoms with Crippen molar-refractivity contribution < 1.29 is 14.3 Å². The molecule has 1 aromatic carbocycles. The van der Waals surface area contributed by atoms with Gasteiger partial charge in [0.25, 0.3) is 0 Å². The number of carbonyl (C=O) groups excluding carboxylic acids is 2. The van der Waals surface area contributed by atoms with Crippen LogP contribution in [0.4, 0.5) is 0 Å². The number of hydrogen-bond acceptors (Lipinski definition) is 3. The van der Waals surface area contributed by atoms with Crippen LogP contribution >= 0.6 is 11.6 Å². The smallest absolute Gasteiger partial charge is 0.307 e. The number of alkyl halides is 1. The van der Waals surface area contributed by atoms with Crippen LogP contribution in [-0.4, -0.2) is 24.9 Å². The van der Waals surface area contributed by atoms with Gasteiger partial charge < -0.3 is 10.1 Å². The van der Waals surface area contributed by atoms with Crippen molar-refractivity contribution in [2.24, 2.45) is 0 Å². The quantitative estimate of drug-likeness (QED) is 0.643. The Kier molecular flexibility index (Phi) is 5.49. The van der Waals surface area contributed by atoms with Crippen molar-refractivity contribution in [2.75, 3.05) is 13.0 Å². The highest BCUT2D eigenvalue weighted by atomic mass is 35.5. The molecule has 0 radical (unpaired) electrons. The van der Waals surface area contributed by atoms with E-state index in [0.717, 1.165) is 5.56 Å². The Balaban J connectivity index is 2.79. The molecule has 92 valence electrons.